The predicted molar refractivity (Wildman–Crippen MR) is 112 cm³/mol. The first-order chi connectivity index (χ1) is 14.3. The van der Waals surface area contributed by atoms with Crippen molar-refractivity contribution >= 4 is 23.3 Å². The van der Waals surface area contributed by atoms with Gasteiger partial charge in [0.2, 0.25) is 5.91 Å². The number of halogens is 1. The summed E-state index contributed by atoms with van der Waals surface area (Å²) in [6.07, 6.45) is 2.25. The van der Waals surface area contributed by atoms with Gasteiger partial charge in [0, 0.05) is 24.1 Å². The van der Waals surface area contributed by atoms with Gasteiger partial charge in [0.05, 0.1) is 6.10 Å². The highest BCUT2D eigenvalue weighted by Crippen LogP contribution is 2.27. The molecule has 1 N–H and O–H groups in total. The van der Waals surface area contributed by atoms with Crippen LogP contribution in [0.25, 0.3) is 0 Å². The molecule has 2 heterocycles. The molecule has 3 rings (SSSR count). The van der Waals surface area contributed by atoms with Crippen molar-refractivity contribution in [3.63, 3.8) is 0 Å². The molecule has 0 bridgehead atoms. The Balaban J connectivity index is 2.00. The van der Waals surface area contributed by atoms with E-state index in [0.717, 1.165) is 24.4 Å². The van der Waals surface area contributed by atoms with Gasteiger partial charge in [-0.2, -0.15) is 0 Å². The molecule has 7 nitrogen and oxygen atoms in total. The maximum atomic E-state index is 13.6. The monoisotopic (exact) mass is 434 g/mol. The van der Waals surface area contributed by atoms with Gasteiger partial charge in [0.1, 0.15) is 11.9 Å². The molecule has 30 heavy (non-hydrogen) atoms. The molecule has 2 atom stereocenters. The van der Waals surface area contributed by atoms with Crippen molar-refractivity contribution in [1.82, 2.24) is 19.8 Å². The molecule has 9 heteroatoms. The zero-order valence-corrected chi connectivity index (χ0v) is 18.2. The molecular weight excluding hydrogens is 407 g/mol. The van der Waals surface area contributed by atoms with Crippen LogP contribution in [0.5, 0.6) is 0 Å². The molecule has 1 aliphatic rings. The van der Waals surface area contributed by atoms with Crippen LogP contribution < -0.4 is 5.32 Å². The number of carbonyl (C=O) groups is 2. The van der Waals surface area contributed by atoms with Crippen molar-refractivity contribution in [2.75, 3.05) is 13.2 Å². The standard InChI is InChI=1S/C21H27FN4O3S/c1-4-21(2,3)23-19(27)18(14-7-9-15(22)10-8-14)26(12-16-6-5-11-29-16)20(28)17-13-30-25-24-17/h7-10,13,16,18H,4-6,11-12H2,1-3H3,(H,23,27). The number of carbonyl (C=O) groups excluding carboxylic acids is 2. The number of nitrogens with one attached hydrogen (secondary N) is 1. The first-order valence-corrected chi connectivity index (χ1v) is 10.9. The molecular formula is C21H27FN4O3S. The Morgan fingerprint density at radius 1 is 1.37 bits per heavy atom. The summed E-state index contributed by atoms with van der Waals surface area (Å²) < 4.78 is 23.1. The van der Waals surface area contributed by atoms with E-state index in [9.17, 15) is 14.0 Å². The van der Waals surface area contributed by atoms with Crippen LogP contribution in [-0.4, -0.2) is 51.1 Å². The van der Waals surface area contributed by atoms with Crippen molar-refractivity contribution in [3.8, 4) is 0 Å². The van der Waals surface area contributed by atoms with Gasteiger partial charge >= 0.3 is 0 Å². The van der Waals surface area contributed by atoms with E-state index >= 15 is 0 Å². The average Bonchev–Trinajstić information content (AvgIpc) is 3.42. The van der Waals surface area contributed by atoms with E-state index in [-0.39, 0.29) is 24.2 Å². The Morgan fingerprint density at radius 3 is 2.67 bits per heavy atom. The Morgan fingerprint density at radius 2 is 2.10 bits per heavy atom. The summed E-state index contributed by atoms with van der Waals surface area (Å²) in [5, 5.41) is 8.48. The van der Waals surface area contributed by atoms with Crippen LogP contribution in [0.3, 0.4) is 0 Å². The number of hydrogen-bond acceptors (Lipinski definition) is 6. The highest BCUT2D eigenvalue weighted by Gasteiger charge is 2.37. The molecule has 1 fully saturated rings. The lowest BCUT2D eigenvalue weighted by molar-refractivity contribution is -0.128. The third-order valence-electron chi connectivity index (χ3n) is 5.36. The molecule has 2 aromatic rings. The van der Waals surface area contributed by atoms with E-state index in [2.05, 4.69) is 14.9 Å². The number of amides is 2. The second-order valence-electron chi connectivity index (χ2n) is 8.06. The molecule has 2 amide bonds. The van der Waals surface area contributed by atoms with Gasteiger partial charge in [-0.15, -0.1) is 5.10 Å². The van der Waals surface area contributed by atoms with Crippen molar-refractivity contribution in [3.05, 3.63) is 46.7 Å². The molecule has 2 unspecified atom stereocenters. The van der Waals surface area contributed by atoms with Crippen LogP contribution in [0.15, 0.2) is 29.6 Å². The van der Waals surface area contributed by atoms with Crippen LogP contribution in [0.1, 0.15) is 62.1 Å². The Hall–Kier alpha value is -2.39. The summed E-state index contributed by atoms with van der Waals surface area (Å²) in [7, 11) is 0. The van der Waals surface area contributed by atoms with Gasteiger partial charge < -0.3 is 15.0 Å². The summed E-state index contributed by atoms with van der Waals surface area (Å²) >= 11 is 1.07. The summed E-state index contributed by atoms with van der Waals surface area (Å²) in [6.45, 7) is 6.68. The zero-order chi connectivity index (χ0) is 21.7. The first kappa shape index (κ1) is 22.3. The first-order valence-electron chi connectivity index (χ1n) is 10.1. The molecule has 0 saturated carbocycles. The van der Waals surface area contributed by atoms with E-state index in [1.54, 1.807) is 5.38 Å². The van der Waals surface area contributed by atoms with E-state index < -0.39 is 23.3 Å². The van der Waals surface area contributed by atoms with Gasteiger partial charge in [0.15, 0.2) is 5.69 Å². The lowest BCUT2D eigenvalue weighted by atomic mass is 9.98. The van der Waals surface area contributed by atoms with Gasteiger partial charge in [-0.3, -0.25) is 9.59 Å². The maximum absolute atomic E-state index is 13.6. The van der Waals surface area contributed by atoms with Gasteiger partial charge in [-0.25, -0.2) is 4.39 Å². The lowest BCUT2D eigenvalue weighted by Gasteiger charge is -2.35. The van der Waals surface area contributed by atoms with Crippen molar-refractivity contribution in [1.29, 1.82) is 0 Å². The normalized spacial score (nSPS) is 17.5. The predicted octanol–water partition coefficient (Wildman–Crippen LogP) is 3.34. The molecule has 0 radical (unpaired) electrons. The number of hydrogen-bond donors (Lipinski definition) is 1. The highest BCUT2D eigenvalue weighted by molar-refractivity contribution is 7.03. The fourth-order valence-electron chi connectivity index (χ4n) is 3.33. The van der Waals surface area contributed by atoms with Crippen LogP contribution in [0.4, 0.5) is 4.39 Å². The number of benzene rings is 1. The topological polar surface area (TPSA) is 84.4 Å². The smallest absolute Gasteiger partial charge is 0.276 e. The third kappa shape index (κ3) is 5.40. The SMILES string of the molecule is CCC(C)(C)NC(=O)C(c1ccc(F)cc1)N(CC1CCCO1)C(=O)c1csnn1. The highest BCUT2D eigenvalue weighted by atomic mass is 32.1. The van der Waals surface area contributed by atoms with Gasteiger partial charge in [-0.1, -0.05) is 23.5 Å². The fraction of sp³-hybridized carbons (Fsp3) is 0.524. The van der Waals surface area contributed by atoms with Gasteiger partial charge in [0.25, 0.3) is 5.91 Å². The molecule has 1 aliphatic heterocycles. The summed E-state index contributed by atoms with van der Waals surface area (Å²) in [5.74, 6) is -1.14. The third-order valence-corrected chi connectivity index (χ3v) is 5.86. The molecule has 1 saturated heterocycles. The Labute approximate surface area is 179 Å². The largest absolute Gasteiger partial charge is 0.376 e. The summed E-state index contributed by atoms with van der Waals surface area (Å²) in [4.78, 5) is 28.2. The second-order valence-corrected chi connectivity index (χ2v) is 8.67. The minimum atomic E-state index is -0.949. The van der Waals surface area contributed by atoms with Crippen LogP contribution in [0.2, 0.25) is 0 Å². The summed E-state index contributed by atoms with van der Waals surface area (Å²) in [5.41, 5.74) is 0.235. The number of rotatable bonds is 8. The average molecular weight is 435 g/mol. The fourth-order valence-corrected chi connectivity index (χ4v) is 3.76. The maximum Gasteiger partial charge on any atom is 0.276 e. The quantitative estimate of drug-likeness (QED) is 0.689. The molecule has 0 spiro atoms. The van der Waals surface area contributed by atoms with E-state index in [4.69, 9.17) is 4.74 Å². The van der Waals surface area contributed by atoms with Crippen molar-refractivity contribution in [2.24, 2.45) is 0 Å². The van der Waals surface area contributed by atoms with Crippen LogP contribution >= 0.6 is 11.5 Å². The minimum absolute atomic E-state index is 0.171. The number of aromatic nitrogens is 2. The Kier molecular flexibility index (Phi) is 7.14. The van der Waals surface area contributed by atoms with Crippen molar-refractivity contribution < 1.29 is 18.7 Å². The minimum Gasteiger partial charge on any atom is -0.376 e. The summed E-state index contributed by atoms with van der Waals surface area (Å²) in [6, 6.07) is 4.70. The van der Waals surface area contributed by atoms with E-state index in [1.165, 1.54) is 29.2 Å². The van der Waals surface area contributed by atoms with Gasteiger partial charge in [-0.05, 0) is 62.3 Å². The molecule has 1 aromatic heterocycles. The lowest BCUT2D eigenvalue weighted by Crippen LogP contribution is -2.51. The van der Waals surface area contributed by atoms with Crippen LogP contribution in [-0.2, 0) is 9.53 Å². The molecule has 0 aliphatic carbocycles. The van der Waals surface area contributed by atoms with E-state index in [0.29, 0.717) is 18.6 Å². The zero-order valence-electron chi connectivity index (χ0n) is 17.4. The van der Waals surface area contributed by atoms with E-state index in [1.807, 2.05) is 20.8 Å². The Bertz CT molecular complexity index is 852. The van der Waals surface area contributed by atoms with Crippen LogP contribution in [0, 0.1) is 5.82 Å². The molecule has 1 aromatic carbocycles. The number of ether oxygens (including phenoxy) is 1. The number of nitrogens with zero attached hydrogens (tertiary/aromatic N) is 3. The molecule has 162 valence electrons. The van der Waals surface area contributed by atoms with Crippen molar-refractivity contribution in [2.45, 2.75) is 57.7 Å². The second kappa shape index (κ2) is 9.61.